The predicted octanol–water partition coefficient (Wildman–Crippen LogP) is 7.76. The Balaban J connectivity index is 1.22. The molecule has 1 aliphatic carbocycles. The normalized spacial score (nSPS) is 20.5. The molecule has 1 saturated carbocycles. The number of hydrogen-bond donors (Lipinski definition) is 1. The molecule has 0 bridgehead atoms. The van der Waals surface area contributed by atoms with Gasteiger partial charge in [-0.1, -0.05) is 41.9 Å². The number of nitrogens with zero attached hydrogens (tertiary/aromatic N) is 2. The Labute approximate surface area is 251 Å². The van der Waals surface area contributed by atoms with Crippen LogP contribution in [0.2, 0.25) is 0 Å². The minimum absolute atomic E-state index is 0.0813. The third-order valence-electron chi connectivity index (χ3n) is 8.64. The van der Waals surface area contributed by atoms with Gasteiger partial charge in [-0.15, -0.1) is 0 Å². The summed E-state index contributed by atoms with van der Waals surface area (Å²) in [6.45, 7) is 4.30. The van der Waals surface area contributed by atoms with Gasteiger partial charge >= 0.3 is 0 Å². The summed E-state index contributed by atoms with van der Waals surface area (Å²) in [4.78, 5) is 17.8. The molecule has 10 heteroatoms. The molecule has 2 aromatic carbocycles. The van der Waals surface area contributed by atoms with Gasteiger partial charge in [0.25, 0.3) is 5.91 Å². The fourth-order valence-corrected chi connectivity index (χ4v) is 5.98. The van der Waals surface area contributed by atoms with Crippen LogP contribution in [0, 0.1) is 22.9 Å². The van der Waals surface area contributed by atoms with Crippen LogP contribution in [0.5, 0.6) is 11.5 Å². The van der Waals surface area contributed by atoms with Crippen LogP contribution in [0.25, 0.3) is 5.65 Å². The maximum absolute atomic E-state index is 14.9. The van der Waals surface area contributed by atoms with Gasteiger partial charge in [0.15, 0.2) is 17.4 Å². The van der Waals surface area contributed by atoms with Gasteiger partial charge in [-0.05, 0) is 73.4 Å². The number of methoxy groups -OCH3 is 1. The van der Waals surface area contributed by atoms with Crippen LogP contribution >= 0.6 is 15.9 Å². The summed E-state index contributed by atoms with van der Waals surface area (Å²) in [7, 11) is 1.52. The van der Waals surface area contributed by atoms with E-state index in [0.29, 0.717) is 17.4 Å². The highest BCUT2D eigenvalue weighted by molar-refractivity contribution is 9.10. The summed E-state index contributed by atoms with van der Waals surface area (Å²) in [5, 5.41) is 2.72. The summed E-state index contributed by atoms with van der Waals surface area (Å²) in [6.07, 6.45) is 8.36. The second-order valence-electron chi connectivity index (χ2n) is 11.4. The van der Waals surface area contributed by atoms with E-state index in [2.05, 4.69) is 41.3 Å². The predicted molar refractivity (Wildman–Crippen MR) is 157 cm³/mol. The maximum Gasteiger partial charge on any atom is 0.254 e. The van der Waals surface area contributed by atoms with Gasteiger partial charge < -0.3 is 19.2 Å². The van der Waals surface area contributed by atoms with Crippen LogP contribution < -0.4 is 14.8 Å². The number of fused-ring (bicyclic) bond motifs is 1. The van der Waals surface area contributed by atoms with Gasteiger partial charge in [0.05, 0.1) is 18.4 Å². The van der Waals surface area contributed by atoms with E-state index in [0.717, 1.165) is 47.9 Å². The largest absolute Gasteiger partial charge is 0.497 e. The van der Waals surface area contributed by atoms with E-state index in [1.165, 1.54) is 7.11 Å². The van der Waals surface area contributed by atoms with Crippen molar-refractivity contribution >= 4 is 27.5 Å². The number of pyridine rings is 1. The van der Waals surface area contributed by atoms with E-state index in [1.54, 1.807) is 24.3 Å². The lowest BCUT2D eigenvalue weighted by atomic mass is 9.62. The molecule has 1 fully saturated rings. The molecule has 1 N–H and O–H groups in total. The smallest absolute Gasteiger partial charge is 0.254 e. The van der Waals surface area contributed by atoms with Crippen LogP contribution in [-0.4, -0.2) is 28.9 Å². The van der Waals surface area contributed by atoms with Crippen LogP contribution in [-0.2, 0) is 12.0 Å². The zero-order valence-electron chi connectivity index (χ0n) is 23.8. The number of carbonyl (C=O) groups excluding carboxylic acids is 1. The Bertz CT molecular complexity index is 1600. The number of hydrogen-bond acceptors (Lipinski definition) is 4. The van der Waals surface area contributed by atoms with Gasteiger partial charge in [-0.2, -0.15) is 4.39 Å². The van der Waals surface area contributed by atoms with Gasteiger partial charge in [-0.25, -0.2) is 13.8 Å². The summed E-state index contributed by atoms with van der Waals surface area (Å²) in [5.41, 5.74) is 1.51. The third kappa shape index (κ3) is 6.00. The zero-order chi connectivity index (χ0) is 30.1. The van der Waals surface area contributed by atoms with E-state index in [-0.39, 0.29) is 24.0 Å². The summed E-state index contributed by atoms with van der Waals surface area (Å²) in [6, 6.07) is 11.3. The minimum Gasteiger partial charge on any atom is -0.497 e. The molecule has 6 nitrogen and oxygen atoms in total. The molecule has 222 valence electrons. The van der Waals surface area contributed by atoms with Crippen molar-refractivity contribution in [1.29, 1.82) is 0 Å². The molecule has 0 aliphatic heterocycles. The Morgan fingerprint density at radius 3 is 2.45 bits per heavy atom. The third-order valence-corrected chi connectivity index (χ3v) is 9.13. The number of nitrogens with one attached hydrogen (secondary N) is 1. The van der Waals surface area contributed by atoms with E-state index in [4.69, 9.17) is 14.5 Å². The van der Waals surface area contributed by atoms with E-state index < -0.39 is 34.7 Å². The van der Waals surface area contributed by atoms with Crippen molar-refractivity contribution < 1.29 is 27.4 Å². The average Bonchev–Trinajstić information content (AvgIpc) is 3.42. The molecule has 4 aromatic rings. The molecular formula is C32H33BrF3N3O3. The molecule has 0 spiro atoms. The van der Waals surface area contributed by atoms with Gasteiger partial charge in [-0.3, -0.25) is 4.79 Å². The van der Waals surface area contributed by atoms with Crippen molar-refractivity contribution in [3.8, 4) is 11.5 Å². The monoisotopic (exact) mass is 643 g/mol. The zero-order valence-corrected chi connectivity index (χ0v) is 25.4. The SMILES string of the molecule is CC[C@]1(c2cn3ccc(Br)cc3n2)CC[C@@](C)(CNC(=O)c2cc(F)c(OCc3ccc(OC)cc3)c(F)c2F)CC1. The van der Waals surface area contributed by atoms with Crippen LogP contribution in [0.3, 0.4) is 0 Å². The molecule has 42 heavy (non-hydrogen) atoms. The highest BCUT2D eigenvalue weighted by Crippen LogP contribution is 2.48. The number of imidazole rings is 1. The summed E-state index contributed by atoms with van der Waals surface area (Å²) < 4.78 is 57.8. The standard InChI is InChI=1S/C32H33BrF3N3O3/c1-4-32(25-17-39-14-9-21(33)15-26(39)38-25)12-10-31(2,11-13-32)19-37-30(40)23-16-24(34)29(28(36)27(23)35)42-18-20-5-7-22(41-3)8-6-20/h5-9,14-17H,4,10-13,18-19H2,1-3H3,(H,37,40)/t31-,32+. The first-order valence-electron chi connectivity index (χ1n) is 13.9. The molecule has 5 rings (SSSR count). The Kier molecular flexibility index (Phi) is 8.55. The second-order valence-corrected chi connectivity index (χ2v) is 12.3. The molecule has 0 saturated heterocycles. The number of ether oxygens (including phenoxy) is 2. The van der Waals surface area contributed by atoms with Crippen molar-refractivity contribution in [2.24, 2.45) is 5.41 Å². The highest BCUT2D eigenvalue weighted by atomic mass is 79.9. The molecule has 2 heterocycles. The molecule has 0 unspecified atom stereocenters. The first-order valence-corrected chi connectivity index (χ1v) is 14.7. The molecule has 1 aliphatic rings. The summed E-state index contributed by atoms with van der Waals surface area (Å²) in [5.74, 6) is -5.25. The topological polar surface area (TPSA) is 64.9 Å². The number of aromatic nitrogens is 2. The van der Waals surface area contributed by atoms with E-state index in [1.807, 2.05) is 22.7 Å². The highest BCUT2D eigenvalue weighted by Gasteiger charge is 2.42. The Morgan fingerprint density at radius 2 is 1.79 bits per heavy atom. The Hall–Kier alpha value is -3.53. The molecule has 0 radical (unpaired) electrons. The number of amides is 1. The van der Waals surface area contributed by atoms with Gasteiger partial charge in [0.1, 0.15) is 18.0 Å². The average molecular weight is 645 g/mol. The Morgan fingerprint density at radius 1 is 1.07 bits per heavy atom. The molecule has 0 atom stereocenters. The van der Waals surface area contributed by atoms with Crippen LogP contribution in [0.4, 0.5) is 13.2 Å². The number of rotatable bonds is 9. The first kappa shape index (κ1) is 29.9. The number of benzene rings is 2. The minimum atomic E-state index is -1.54. The maximum atomic E-state index is 14.9. The van der Waals surface area contributed by atoms with Gasteiger partial charge in [0, 0.05) is 28.8 Å². The lowest BCUT2D eigenvalue weighted by molar-refractivity contribution is 0.0883. The number of halogens is 4. The van der Waals surface area contributed by atoms with Gasteiger partial charge in [0.2, 0.25) is 5.82 Å². The van der Waals surface area contributed by atoms with E-state index in [9.17, 15) is 18.0 Å². The fourth-order valence-electron chi connectivity index (χ4n) is 5.65. The van der Waals surface area contributed by atoms with Crippen molar-refractivity contribution in [2.75, 3.05) is 13.7 Å². The lowest BCUT2D eigenvalue weighted by Gasteiger charge is -2.44. The van der Waals surface area contributed by atoms with Crippen molar-refractivity contribution in [3.05, 3.63) is 93.6 Å². The molecule has 1 amide bonds. The van der Waals surface area contributed by atoms with Crippen LogP contribution in [0.1, 0.15) is 67.6 Å². The number of carbonyl (C=O) groups is 1. The van der Waals surface area contributed by atoms with Crippen molar-refractivity contribution in [2.45, 2.75) is 58.0 Å². The fraction of sp³-hybridized carbons (Fsp3) is 0.375. The summed E-state index contributed by atoms with van der Waals surface area (Å²) >= 11 is 3.50. The second kappa shape index (κ2) is 12.0. The van der Waals surface area contributed by atoms with E-state index >= 15 is 0 Å². The quantitative estimate of drug-likeness (QED) is 0.189. The molecular weight excluding hydrogens is 611 g/mol. The van der Waals surface area contributed by atoms with Crippen LogP contribution in [0.15, 0.2) is 59.3 Å². The first-order chi connectivity index (χ1) is 20.1. The van der Waals surface area contributed by atoms with Crippen molar-refractivity contribution in [1.82, 2.24) is 14.7 Å². The molecule has 2 aromatic heterocycles. The van der Waals surface area contributed by atoms with Crippen molar-refractivity contribution in [3.63, 3.8) is 0 Å². The lowest BCUT2D eigenvalue weighted by Crippen LogP contribution is -2.42.